The summed E-state index contributed by atoms with van der Waals surface area (Å²) in [6.07, 6.45) is 16.5. The molecule has 0 amide bonds. The number of aromatic nitrogens is 3. The number of nitrogens with one attached hydrogen (secondary N) is 3. The maximum atomic E-state index is 14.7. The van der Waals surface area contributed by atoms with Crippen LogP contribution in [-0.2, 0) is 19.3 Å². The number of aromatic amines is 3. The Morgan fingerprint density at radius 1 is 0.392 bits per heavy atom. The molecule has 0 aliphatic heterocycles. The van der Waals surface area contributed by atoms with Crippen molar-refractivity contribution in [3.8, 4) is 0 Å². The fraction of sp³-hybridized carbons (Fsp3) is 0.400. The highest BCUT2D eigenvalue weighted by atomic mass is 16.1. The molecule has 3 aromatic heterocycles. The van der Waals surface area contributed by atoms with Crippen LogP contribution in [0.1, 0.15) is 115 Å². The maximum Gasteiger partial charge on any atom is 0.199 e. The Kier molecular flexibility index (Phi) is 10.4. The minimum absolute atomic E-state index is 0.173. The zero-order valence-electron chi connectivity index (χ0n) is 30.5. The number of rotatable bonds is 15. The van der Waals surface area contributed by atoms with Gasteiger partial charge < -0.3 is 15.0 Å². The number of hydrogen-bond acceptors (Lipinski definition) is 3. The first-order valence-electron chi connectivity index (χ1n) is 19.5. The second-order valence-corrected chi connectivity index (χ2v) is 14.7. The minimum Gasteiger partial charge on any atom is -0.354 e. The van der Waals surface area contributed by atoms with E-state index in [1.807, 2.05) is 36.4 Å². The van der Waals surface area contributed by atoms with Gasteiger partial charge in [-0.25, -0.2) is 0 Å². The van der Waals surface area contributed by atoms with E-state index in [9.17, 15) is 14.4 Å². The highest BCUT2D eigenvalue weighted by molar-refractivity contribution is 6.25. The molecule has 6 heteroatoms. The first-order valence-corrected chi connectivity index (χ1v) is 19.5. The fourth-order valence-electron chi connectivity index (χ4n) is 8.01. The lowest BCUT2D eigenvalue weighted by Gasteiger charge is -2.14. The molecule has 0 saturated heterocycles. The van der Waals surface area contributed by atoms with Crippen molar-refractivity contribution in [3.05, 3.63) is 102 Å². The van der Waals surface area contributed by atoms with Gasteiger partial charge in [0.15, 0.2) is 16.3 Å². The van der Waals surface area contributed by atoms with Crippen LogP contribution in [0.25, 0.3) is 65.4 Å². The molecule has 0 radical (unpaired) electrons. The Balaban J connectivity index is 1.51. The Hall–Kier alpha value is -4.71. The van der Waals surface area contributed by atoms with E-state index in [4.69, 9.17) is 0 Å². The highest BCUT2D eigenvalue weighted by Gasteiger charge is 2.22. The van der Waals surface area contributed by atoms with Gasteiger partial charge in [-0.2, -0.15) is 0 Å². The third-order valence-electron chi connectivity index (χ3n) is 10.9. The minimum atomic E-state index is -0.173. The molecule has 0 bridgehead atoms. The fourth-order valence-corrected chi connectivity index (χ4v) is 8.01. The molecule has 6 nitrogen and oxygen atoms in total. The summed E-state index contributed by atoms with van der Waals surface area (Å²) in [4.78, 5) is 54.7. The van der Waals surface area contributed by atoms with Crippen molar-refractivity contribution in [1.29, 1.82) is 0 Å². The number of aryl methyl sites for hydroxylation is 3. The van der Waals surface area contributed by atoms with Crippen molar-refractivity contribution < 1.29 is 0 Å². The Morgan fingerprint density at radius 3 is 0.961 bits per heavy atom. The molecule has 3 N–H and O–H groups in total. The third-order valence-corrected chi connectivity index (χ3v) is 10.9. The van der Waals surface area contributed by atoms with Gasteiger partial charge in [-0.3, -0.25) is 14.4 Å². The smallest absolute Gasteiger partial charge is 0.199 e. The molecule has 3 heterocycles. The van der Waals surface area contributed by atoms with Crippen LogP contribution in [-0.4, -0.2) is 15.0 Å². The number of benzene rings is 4. The third kappa shape index (κ3) is 6.73. The van der Waals surface area contributed by atoms with Crippen LogP contribution >= 0.6 is 0 Å². The maximum absolute atomic E-state index is 14.7. The molecule has 0 atom stereocenters. The SMILES string of the molecule is CCCCCCc1ccc2[nH]c3c4c(=O)c5cc(CCCCCC)ccc5[nH]c4c4c(=O)c5cc(CCCCCC)ccc5[nH]c4c3c(=O)c2c1. The normalized spacial score (nSPS) is 12.1. The summed E-state index contributed by atoms with van der Waals surface area (Å²) in [7, 11) is 0. The second kappa shape index (κ2) is 15.3. The van der Waals surface area contributed by atoms with Gasteiger partial charge in [-0.1, -0.05) is 96.8 Å². The lowest BCUT2D eigenvalue weighted by Crippen LogP contribution is -2.15. The summed E-state index contributed by atoms with van der Waals surface area (Å²) in [6.45, 7) is 6.62. The number of H-pyrrole nitrogens is 3. The molecule has 4 aromatic carbocycles. The Bertz CT molecular complexity index is 2260. The van der Waals surface area contributed by atoms with Gasteiger partial charge in [-0.05, 0) is 91.6 Å². The van der Waals surface area contributed by atoms with Crippen molar-refractivity contribution in [2.75, 3.05) is 0 Å². The molecule has 0 aliphatic carbocycles. The highest BCUT2D eigenvalue weighted by Crippen LogP contribution is 2.32. The van der Waals surface area contributed by atoms with E-state index in [-0.39, 0.29) is 16.3 Å². The summed E-state index contributed by atoms with van der Waals surface area (Å²) < 4.78 is 0. The van der Waals surface area contributed by atoms with Crippen molar-refractivity contribution in [2.45, 2.75) is 117 Å². The first-order chi connectivity index (χ1) is 24.9. The number of pyridine rings is 3. The van der Waals surface area contributed by atoms with Gasteiger partial charge in [-0.15, -0.1) is 0 Å². The zero-order valence-corrected chi connectivity index (χ0v) is 30.5. The van der Waals surface area contributed by atoms with E-state index in [1.165, 1.54) is 38.5 Å². The van der Waals surface area contributed by atoms with Gasteiger partial charge in [0.05, 0.1) is 32.7 Å². The van der Waals surface area contributed by atoms with Crippen LogP contribution in [0.4, 0.5) is 0 Å². The predicted molar refractivity (Wildman–Crippen MR) is 217 cm³/mol. The molecule has 264 valence electrons. The molecular formula is C45H51N3O3. The Labute approximate surface area is 298 Å². The average molecular weight is 682 g/mol. The van der Waals surface area contributed by atoms with Crippen LogP contribution in [0, 0.1) is 0 Å². The van der Waals surface area contributed by atoms with E-state index in [2.05, 4.69) is 53.9 Å². The average Bonchev–Trinajstić information content (AvgIpc) is 3.14. The van der Waals surface area contributed by atoms with Gasteiger partial charge in [0, 0.05) is 32.7 Å². The summed E-state index contributed by atoms with van der Waals surface area (Å²) in [5, 5.41) is 2.80. The molecule has 0 aliphatic rings. The molecule has 7 aromatic rings. The van der Waals surface area contributed by atoms with Gasteiger partial charge in [0.25, 0.3) is 0 Å². The number of hydrogen-bond donors (Lipinski definition) is 3. The van der Waals surface area contributed by atoms with Crippen molar-refractivity contribution in [2.24, 2.45) is 0 Å². The summed E-state index contributed by atoms with van der Waals surface area (Å²) in [6, 6.07) is 18.1. The van der Waals surface area contributed by atoms with E-state index < -0.39 is 0 Å². The van der Waals surface area contributed by atoms with Crippen LogP contribution in [0.15, 0.2) is 69.0 Å². The second-order valence-electron chi connectivity index (χ2n) is 14.7. The quantitative estimate of drug-likeness (QED) is 0.0570. The number of unbranched alkanes of at least 4 members (excludes halogenated alkanes) is 9. The van der Waals surface area contributed by atoms with Gasteiger partial charge >= 0.3 is 0 Å². The topological polar surface area (TPSA) is 98.6 Å². The van der Waals surface area contributed by atoms with E-state index in [0.29, 0.717) is 65.4 Å². The summed E-state index contributed by atoms with van der Waals surface area (Å²) in [5.41, 5.74) is 6.28. The molecule has 0 saturated carbocycles. The number of fused-ring (bicyclic) bond motifs is 9. The molecule has 7 rings (SSSR count). The van der Waals surface area contributed by atoms with E-state index in [0.717, 1.165) is 74.5 Å². The van der Waals surface area contributed by atoms with Gasteiger partial charge in [0.2, 0.25) is 0 Å². The van der Waals surface area contributed by atoms with E-state index >= 15 is 0 Å². The molecule has 51 heavy (non-hydrogen) atoms. The molecule has 0 unspecified atom stereocenters. The van der Waals surface area contributed by atoms with Gasteiger partial charge in [0.1, 0.15) is 0 Å². The van der Waals surface area contributed by atoms with Crippen molar-refractivity contribution in [3.63, 3.8) is 0 Å². The van der Waals surface area contributed by atoms with Crippen LogP contribution in [0.3, 0.4) is 0 Å². The lowest BCUT2D eigenvalue weighted by atomic mass is 9.96. The summed E-state index contributed by atoms with van der Waals surface area (Å²) in [5.74, 6) is 0. The summed E-state index contributed by atoms with van der Waals surface area (Å²) >= 11 is 0. The standard InChI is InChI=1S/C45H51N3O3/c1-4-7-10-13-16-28-19-22-34-31(25-28)43(49)37-40(46-34)38-42(48-36-24-21-30(18-15-12-9-6-3)27-33(36)44(38)50)39-41(37)47-35-23-20-29(17-14-11-8-5-2)26-32(35)45(39)51/h19-27H,4-18H2,1-3H3,(H,46,49)(H,47,51)(H,48,50). The molecule has 0 spiro atoms. The first kappa shape index (κ1) is 34.7. The Morgan fingerprint density at radius 2 is 0.686 bits per heavy atom. The van der Waals surface area contributed by atoms with Crippen molar-refractivity contribution in [1.82, 2.24) is 15.0 Å². The largest absolute Gasteiger partial charge is 0.354 e. The monoisotopic (exact) mass is 681 g/mol. The van der Waals surface area contributed by atoms with Crippen LogP contribution in [0.2, 0.25) is 0 Å². The predicted octanol–water partition coefficient (Wildman–Crippen LogP) is 11.0. The zero-order chi connectivity index (χ0) is 35.5. The lowest BCUT2D eigenvalue weighted by molar-refractivity contribution is 0.667. The van der Waals surface area contributed by atoms with E-state index in [1.54, 1.807) is 0 Å². The van der Waals surface area contributed by atoms with Crippen molar-refractivity contribution >= 4 is 65.4 Å². The van der Waals surface area contributed by atoms with Crippen LogP contribution < -0.4 is 16.3 Å². The van der Waals surface area contributed by atoms with Crippen LogP contribution in [0.5, 0.6) is 0 Å². The molecule has 0 fully saturated rings. The molecular weight excluding hydrogens is 631 g/mol.